The summed E-state index contributed by atoms with van der Waals surface area (Å²) >= 11 is 3.05. The minimum atomic E-state index is -0.476. The molecule has 4 rings (SSSR count). The number of hydrogen-bond donors (Lipinski definition) is 0. The molecule has 0 fully saturated rings. The van der Waals surface area contributed by atoms with E-state index in [9.17, 15) is 9.59 Å². The lowest BCUT2D eigenvalue weighted by atomic mass is 10.2. The van der Waals surface area contributed by atoms with Gasteiger partial charge in [0.05, 0.1) is 30.0 Å². The van der Waals surface area contributed by atoms with E-state index in [0.717, 1.165) is 21.4 Å². The quantitative estimate of drug-likeness (QED) is 0.401. The Hall–Kier alpha value is -3.04. The zero-order valence-corrected chi connectivity index (χ0v) is 18.8. The molecule has 160 valence electrons. The fourth-order valence-corrected chi connectivity index (χ4v) is 4.71. The number of furan rings is 1. The van der Waals surface area contributed by atoms with Crippen molar-refractivity contribution in [1.29, 1.82) is 0 Å². The summed E-state index contributed by atoms with van der Waals surface area (Å²) in [7, 11) is 2.90. The van der Waals surface area contributed by atoms with Crippen LogP contribution >= 0.6 is 23.1 Å². The molecule has 4 aromatic rings. The van der Waals surface area contributed by atoms with Crippen molar-refractivity contribution in [1.82, 2.24) is 4.57 Å². The number of amides is 1. The molecule has 2 heterocycles. The predicted molar refractivity (Wildman–Crippen MR) is 122 cm³/mol. The standard InChI is InChI=1S/C22H20N2O5S2/c1-27-16-6-4-5-13-11-17(29-19(13)16)20(25)23-22-24(9-10-30-3)15-8-7-14(21(26)28-2)12-18(15)31-22/h4-8,11-12H,9-10H2,1-3H3. The largest absolute Gasteiger partial charge is 0.493 e. The number of rotatable bonds is 6. The number of aryl methyl sites for hydroxylation is 1. The Balaban J connectivity index is 1.81. The molecule has 2 aromatic carbocycles. The summed E-state index contributed by atoms with van der Waals surface area (Å²) in [6, 6.07) is 12.5. The average molecular weight is 457 g/mol. The molecule has 0 saturated heterocycles. The van der Waals surface area contributed by atoms with Crippen LogP contribution in [0.3, 0.4) is 0 Å². The number of ether oxygens (including phenoxy) is 2. The first-order chi connectivity index (χ1) is 15.0. The number of para-hydroxylation sites is 1. The van der Waals surface area contributed by atoms with Crippen LogP contribution in [0.5, 0.6) is 5.75 Å². The maximum Gasteiger partial charge on any atom is 0.337 e. The second-order valence-electron chi connectivity index (χ2n) is 6.61. The zero-order chi connectivity index (χ0) is 22.0. The fraction of sp³-hybridized carbons (Fsp3) is 0.227. The van der Waals surface area contributed by atoms with Crippen LogP contribution in [0.2, 0.25) is 0 Å². The molecule has 0 spiro atoms. The molecule has 0 radical (unpaired) electrons. The molecule has 0 unspecified atom stereocenters. The van der Waals surface area contributed by atoms with Crippen molar-refractivity contribution < 1.29 is 23.5 Å². The van der Waals surface area contributed by atoms with Gasteiger partial charge in [0.25, 0.3) is 0 Å². The van der Waals surface area contributed by atoms with E-state index in [1.807, 2.05) is 29.0 Å². The topological polar surface area (TPSA) is 83.0 Å². The molecule has 0 atom stereocenters. The van der Waals surface area contributed by atoms with Crippen LogP contribution < -0.4 is 9.54 Å². The molecule has 0 aliphatic rings. The first kappa shape index (κ1) is 21.2. The Morgan fingerprint density at radius 2 is 2.03 bits per heavy atom. The van der Waals surface area contributed by atoms with Gasteiger partial charge in [-0.15, -0.1) is 0 Å². The van der Waals surface area contributed by atoms with E-state index in [1.54, 1.807) is 43.1 Å². The number of carbonyl (C=O) groups excluding carboxylic acids is 2. The Kier molecular flexibility index (Phi) is 6.15. The normalized spacial score (nSPS) is 11.9. The molecule has 9 heteroatoms. The lowest BCUT2D eigenvalue weighted by molar-refractivity contribution is 0.0601. The fourth-order valence-electron chi connectivity index (χ4n) is 3.25. The van der Waals surface area contributed by atoms with E-state index in [-0.39, 0.29) is 5.76 Å². The Morgan fingerprint density at radius 1 is 1.19 bits per heavy atom. The maximum absolute atomic E-state index is 12.9. The van der Waals surface area contributed by atoms with Crippen LogP contribution in [0, 0.1) is 0 Å². The van der Waals surface area contributed by atoms with Crippen LogP contribution in [0.25, 0.3) is 21.2 Å². The summed E-state index contributed by atoms with van der Waals surface area (Å²) < 4.78 is 18.7. The lowest BCUT2D eigenvalue weighted by Crippen LogP contribution is -2.18. The summed E-state index contributed by atoms with van der Waals surface area (Å²) in [4.78, 5) is 29.7. The van der Waals surface area contributed by atoms with Gasteiger partial charge in [0.15, 0.2) is 21.9 Å². The zero-order valence-electron chi connectivity index (χ0n) is 17.2. The number of benzene rings is 2. The van der Waals surface area contributed by atoms with E-state index < -0.39 is 11.9 Å². The van der Waals surface area contributed by atoms with Crippen molar-refractivity contribution in [3.63, 3.8) is 0 Å². The third-order valence-electron chi connectivity index (χ3n) is 4.76. The summed E-state index contributed by atoms with van der Waals surface area (Å²) in [5, 5.41) is 0.771. The highest BCUT2D eigenvalue weighted by Crippen LogP contribution is 2.29. The van der Waals surface area contributed by atoms with E-state index in [2.05, 4.69) is 4.99 Å². The van der Waals surface area contributed by atoms with Crippen molar-refractivity contribution in [3.8, 4) is 5.75 Å². The summed E-state index contributed by atoms with van der Waals surface area (Å²) in [5.74, 6) is 0.674. The number of nitrogens with zero attached hydrogens (tertiary/aromatic N) is 2. The van der Waals surface area contributed by atoms with Crippen molar-refractivity contribution in [2.45, 2.75) is 6.54 Å². The van der Waals surface area contributed by atoms with Crippen LogP contribution in [0.15, 0.2) is 51.9 Å². The number of thioether (sulfide) groups is 1. The van der Waals surface area contributed by atoms with E-state index >= 15 is 0 Å². The van der Waals surface area contributed by atoms with E-state index in [0.29, 0.717) is 28.2 Å². The van der Waals surface area contributed by atoms with Gasteiger partial charge in [-0.2, -0.15) is 16.8 Å². The van der Waals surface area contributed by atoms with E-state index in [1.165, 1.54) is 18.4 Å². The number of fused-ring (bicyclic) bond motifs is 2. The maximum atomic E-state index is 12.9. The molecule has 0 N–H and O–H groups in total. The third kappa shape index (κ3) is 4.11. The van der Waals surface area contributed by atoms with Crippen molar-refractivity contribution in [3.05, 3.63) is 58.6 Å². The average Bonchev–Trinajstić information content (AvgIpc) is 3.37. The number of methoxy groups -OCH3 is 2. The molecular weight excluding hydrogens is 436 g/mol. The molecule has 1 amide bonds. The van der Waals surface area contributed by atoms with Gasteiger partial charge in [0.1, 0.15) is 0 Å². The number of aromatic nitrogens is 1. The van der Waals surface area contributed by atoms with Crippen LogP contribution in [0.4, 0.5) is 0 Å². The highest BCUT2D eigenvalue weighted by atomic mass is 32.2. The lowest BCUT2D eigenvalue weighted by Gasteiger charge is -2.04. The van der Waals surface area contributed by atoms with Gasteiger partial charge >= 0.3 is 11.9 Å². The first-order valence-electron chi connectivity index (χ1n) is 9.42. The molecule has 0 bridgehead atoms. The number of thiazole rings is 1. The van der Waals surface area contributed by atoms with Crippen LogP contribution in [-0.4, -0.2) is 42.7 Å². The highest BCUT2D eigenvalue weighted by Gasteiger charge is 2.16. The summed E-state index contributed by atoms with van der Waals surface area (Å²) in [5.41, 5.74) is 1.87. The Bertz CT molecular complexity index is 1350. The highest BCUT2D eigenvalue weighted by molar-refractivity contribution is 7.98. The molecule has 31 heavy (non-hydrogen) atoms. The molecule has 0 aliphatic heterocycles. The SMILES string of the molecule is COC(=O)c1ccc2c(c1)sc(=NC(=O)c1cc3cccc(OC)c3o1)n2CCSC. The molecule has 2 aromatic heterocycles. The van der Waals surface area contributed by atoms with Gasteiger partial charge < -0.3 is 18.5 Å². The van der Waals surface area contributed by atoms with Gasteiger partial charge in [-0.3, -0.25) is 4.79 Å². The van der Waals surface area contributed by atoms with E-state index in [4.69, 9.17) is 13.9 Å². The van der Waals surface area contributed by atoms with Gasteiger partial charge in [-0.25, -0.2) is 4.79 Å². The van der Waals surface area contributed by atoms with Gasteiger partial charge in [-0.1, -0.05) is 23.5 Å². The predicted octanol–water partition coefficient (Wildman–Crippen LogP) is 4.35. The monoisotopic (exact) mass is 456 g/mol. The first-order valence-corrected chi connectivity index (χ1v) is 11.6. The van der Waals surface area contributed by atoms with Crippen molar-refractivity contribution in [2.75, 3.05) is 26.2 Å². The molecule has 0 saturated carbocycles. The smallest absolute Gasteiger partial charge is 0.337 e. The van der Waals surface area contributed by atoms with Gasteiger partial charge in [0, 0.05) is 17.7 Å². The number of hydrogen-bond acceptors (Lipinski definition) is 7. The minimum Gasteiger partial charge on any atom is -0.493 e. The number of carbonyl (C=O) groups is 2. The van der Waals surface area contributed by atoms with Crippen molar-refractivity contribution >= 4 is 56.2 Å². The second-order valence-corrected chi connectivity index (χ2v) is 8.60. The summed E-state index contributed by atoms with van der Waals surface area (Å²) in [6.45, 7) is 0.679. The third-order valence-corrected chi connectivity index (χ3v) is 6.39. The summed E-state index contributed by atoms with van der Waals surface area (Å²) in [6.07, 6.45) is 2.02. The van der Waals surface area contributed by atoms with Crippen LogP contribution in [0.1, 0.15) is 20.9 Å². The van der Waals surface area contributed by atoms with Crippen molar-refractivity contribution in [2.24, 2.45) is 4.99 Å². The molecule has 0 aliphatic carbocycles. The van der Waals surface area contributed by atoms with Gasteiger partial charge in [-0.05, 0) is 36.6 Å². The number of esters is 1. The van der Waals surface area contributed by atoms with Gasteiger partial charge in [0.2, 0.25) is 0 Å². The van der Waals surface area contributed by atoms with Crippen LogP contribution in [-0.2, 0) is 11.3 Å². The minimum absolute atomic E-state index is 0.142. The Labute approximate surface area is 186 Å². The molecule has 7 nitrogen and oxygen atoms in total. The molecular formula is C22H20N2O5S2. The Morgan fingerprint density at radius 3 is 2.77 bits per heavy atom. The second kappa shape index (κ2) is 8.99.